The van der Waals surface area contributed by atoms with Gasteiger partial charge in [0.15, 0.2) is 0 Å². The van der Waals surface area contributed by atoms with E-state index in [2.05, 4.69) is 36.7 Å². The fraction of sp³-hybridized carbons (Fsp3) is 0.500. The maximum Gasteiger partial charge on any atom is 0.280 e. The van der Waals surface area contributed by atoms with Crippen molar-refractivity contribution in [2.24, 2.45) is 5.92 Å². The van der Waals surface area contributed by atoms with Crippen LogP contribution < -0.4 is 11.1 Å². The Balaban J connectivity index is 0.000000275. The Morgan fingerprint density at radius 1 is 1.20 bits per heavy atom. The second-order valence-electron chi connectivity index (χ2n) is 5.08. The summed E-state index contributed by atoms with van der Waals surface area (Å²) in [6.45, 7) is 0.535. The number of hydrogen-bond donors (Lipinski definition) is 0. The lowest BCUT2D eigenvalue weighted by molar-refractivity contribution is -0.168. The van der Waals surface area contributed by atoms with E-state index in [1.807, 2.05) is 0 Å². The largest absolute Gasteiger partial charge is 0.303 e. The van der Waals surface area contributed by atoms with Gasteiger partial charge in [0.2, 0.25) is 5.91 Å². The van der Waals surface area contributed by atoms with Gasteiger partial charge in [-0.25, -0.2) is 14.4 Å². The zero-order chi connectivity index (χ0) is 19.1. The van der Waals surface area contributed by atoms with Crippen molar-refractivity contribution in [3.8, 4) is 0 Å². The van der Waals surface area contributed by atoms with Crippen molar-refractivity contribution in [2.75, 3.05) is 14.2 Å². The minimum Gasteiger partial charge on any atom is -0.303 e. The highest BCUT2D eigenvalue weighted by atomic mass is 79.9. The monoisotopic (exact) mass is 481 g/mol. The fourth-order valence-electron chi connectivity index (χ4n) is 2.03. The van der Waals surface area contributed by atoms with E-state index in [0.29, 0.717) is 6.29 Å². The zero-order valence-corrected chi connectivity index (χ0v) is 16.8. The predicted molar refractivity (Wildman–Crippen MR) is 95.0 cm³/mol. The van der Waals surface area contributed by atoms with Crippen molar-refractivity contribution in [3.05, 3.63) is 29.7 Å². The van der Waals surface area contributed by atoms with Gasteiger partial charge < -0.3 is 9.59 Å². The maximum atomic E-state index is 11.7. The molecule has 2 rings (SSSR count). The highest BCUT2D eigenvalue weighted by molar-refractivity contribution is 9.13. The molecule has 11 heteroatoms. The lowest BCUT2D eigenvalue weighted by atomic mass is 10.2. The molecule has 0 unspecified atom stereocenters. The summed E-state index contributed by atoms with van der Waals surface area (Å²) in [6, 6.07) is 0. The number of amides is 1. The van der Waals surface area contributed by atoms with Crippen LogP contribution in [-0.2, 0) is 32.3 Å². The molecule has 0 bridgehead atoms. The van der Waals surface area contributed by atoms with Gasteiger partial charge in [0.1, 0.15) is 21.5 Å². The van der Waals surface area contributed by atoms with Crippen LogP contribution in [-0.4, -0.2) is 47.1 Å². The van der Waals surface area contributed by atoms with Gasteiger partial charge in [0, 0.05) is 19.9 Å². The van der Waals surface area contributed by atoms with Gasteiger partial charge in [0.05, 0.1) is 26.1 Å². The summed E-state index contributed by atoms with van der Waals surface area (Å²) in [5.74, 6) is -0.480. The molecule has 0 N–H and O–H groups in total. The van der Waals surface area contributed by atoms with E-state index in [1.165, 1.54) is 23.5 Å². The third kappa shape index (κ3) is 5.19. The van der Waals surface area contributed by atoms with E-state index in [4.69, 9.17) is 0 Å². The Labute approximate surface area is 159 Å². The standard InChI is InChI=1S/C8H6Br2N2O3.C6H11NO3/c9-5-6(10)8(15)12-2-4(3-13)1-11(12)7(5)14;1-7(10-2)6(9)4-3-5-8/h3-4H,1-2H2;5H,3-4H2,1-2H3. The molecule has 9 nitrogen and oxygen atoms in total. The van der Waals surface area contributed by atoms with Gasteiger partial charge in [-0.2, -0.15) is 0 Å². The van der Waals surface area contributed by atoms with Crippen LogP contribution in [0.25, 0.3) is 0 Å². The number of aldehydes is 2. The molecule has 0 atom stereocenters. The Morgan fingerprint density at radius 2 is 1.68 bits per heavy atom. The summed E-state index contributed by atoms with van der Waals surface area (Å²) in [4.78, 5) is 59.2. The number of carbonyl (C=O) groups excluding carboxylic acids is 3. The number of aromatic nitrogens is 2. The molecule has 1 aromatic heterocycles. The topological polar surface area (TPSA) is 108 Å². The van der Waals surface area contributed by atoms with Crippen LogP contribution in [0.15, 0.2) is 18.5 Å². The molecule has 0 aliphatic carbocycles. The number of hydroxylamine groups is 2. The first-order valence-corrected chi connectivity index (χ1v) is 8.75. The first-order valence-electron chi connectivity index (χ1n) is 7.16. The van der Waals surface area contributed by atoms with Gasteiger partial charge in [-0.3, -0.25) is 19.2 Å². The number of carbonyl (C=O) groups is 3. The van der Waals surface area contributed by atoms with Gasteiger partial charge in [0.25, 0.3) is 11.1 Å². The molecule has 1 aromatic rings. The van der Waals surface area contributed by atoms with Gasteiger partial charge in [-0.15, -0.1) is 0 Å². The minimum absolute atomic E-state index is 0.186. The van der Waals surface area contributed by atoms with E-state index >= 15 is 0 Å². The van der Waals surface area contributed by atoms with Crippen molar-refractivity contribution in [2.45, 2.75) is 25.9 Å². The van der Waals surface area contributed by atoms with Crippen LogP contribution in [0, 0.1) is 5.92 Å². The number of rotatable bonds is 5. The summed E-state index contributed by atoms with van der Waals surface area (Å²) in [5.41, 5.74) is -0.600. The maximum absolute atomic E-state index is 11.7. The highest BCUT2D eigenvalue weighted by Gasteiger charge is 2.25. The van der Waals surface area contributed by atoms with Crippen molar-refractivity contribution in [3.63, 3.8) is 0 Å². The molecule has 2 heterocycles. The molecule has 138 valence electrons. The van der Waals surface area contributed by atoms with Crippen molar-refractivity contribution in [1.82, 2.24) is 14.4 Å². The molecule has 0 aromatic carbocycles. The van der Waals surface area contributed by atoms with Crippen LogP contribution >= 0.6 is 31.9 Å². The van der Waals surface area contributed by atoms with Gasteiger partial charge >= 0.3 is 0 Å². The number of hydrogen-bond acceptors (Lipinski definition) is 6. The molecular formula is C14H17Br2N3O6. The van der Waals surface area contributed by atoms with Crippen LogP contribution in [0.4, 0.5) is 0 Å². The summed E-state index contributed by atoms with van der Waals surface area (Å²) in [5, 5.41) is 1.10. The van der Waals surface area contributed by atoms with E-state index in [9.17, 15) is 24.0 Å². The van der Waals surface area contributed by atoms with E-state index < -0.39 is 0 Å². The minimum atomic E-state index is -0.300. The van der Waals surface area contributed by atoms with Crippen molar-refractivity contribution < 1.29 is 19.2 Å². The van der Waals surface area contributed by atoms with Gasteiger partial charge in [-0.05, 0) is 31.9 Å². The van der Waals surface area contributed by atoms with Crippen LogP contribution in [0.2, 0.25) is 0 Å². The van der Waals surface area contributed by atoms with Crippen LogP contribution in [0.5, 0.6) is 0 Å². The second kappa shape index (κ2) is 9.78. The molecule has 0 spiro atoms. The highest BCUT2D eigenvalue weighted by Crippen LogP contribution is 2.16. The van der Waals surface area contributed by atoms with E-state index in [0.717, 1.165) is 11.3 Å². The molecule has 25 heavy (non-hydrogen) atoms. The Hall–Kier alpha value is -1.59. The average Bonchev–Trinajstić information content (AvgIpc) is 3.07. The van der Waals surface area contributed by atoms with E-state index in [-0.39, 0.29) is 57.8 Å². The third-order valence-corrected chi connectivity index (χ3v) is 5.44. The van der Waals surface area contributed by atoms with Crippen LogP contribution in [0.3, 0.4) is 0 Å². The van der Waals surface area contributed by atoms with Crippen molar-refractivity contribution in [1.29, 1.82) is 0 Å². The molecule has 0 radical (unpaired) electrons. The van der Waals surface area contributed by atoms with Gasteiger partial charge in [-0.1, -0.05) is 0 Å². The summed E-state index contributed by atoms with van der Waals surface area (Å²) in [7, 11) is 2.91. The summed E-state index contributed by atoms with van der Waals surface area (Å²) >= 11 is 6.09. The summed E-state index contributed by atoms with van der Waals surface area (Å²) < 4.78 is 2.98. The predicted octanol–water partition coefficient (Wildman–Crippen LogP) is 0.349. The smallest absolute Gasteiger partial charge is 0.280 e. The Bertz CT molecular complexity index is 728. The third-order valence-electron chi connectivity index (χ3n) is 3.44. The lowest BCUT2D eigenvalue weighted by Gasteiger charge is -2.11. The van der Waals surface area contributed by atoms with E-state index in [1.54, 1.807) is 0 Å². The number of nitrogens with zero attached hydrogens (tertiary/aromatic N) is 3. The lowest BCUT2D eigenvalue weighted by Crippen LogP contribution is -2.35. The average molecular weight is 483 g/mol. The molecule has 0 saturated heterocycles. The Morgan fingerprint density at radius 3 is 2.04 bits per heavy atom. The fourth-order valence-corrected chi connectivity index (χ4v) is 2.77. The first kappa shape index (κ1) is 21.5. The SMILES string of the molecule is CON(C)C(=O)CCC=O.O=CC1Cn2c(=O)c(Br)c(Br)c(=O)n2C1. The Kier molecular flexibility index (Phi) is 8.39. The molecule has 1 amide bonds. The second-order valence-corrected chi connectivity index (χ2v) is 6.66. The van der Waals surface area contributed by atoms with Crippen molar-refractivity contribution >= 4 is 50.3 Å². The first-order chi connectivity index (χ1) is 11.8. The molecular weight excluding hydrogens is 466 g/mol. The quantitative estimate of drug-likeness (QED) is 0.442. The molecule has 1 aliphatic heterocycles. The number of halogens is 2. The molecule has 0 saturated carbocycles. The molecule has 0 fully saturated rings. The summed E-state index contributed by atoms with van der Waals surface area (Å²) in [6.07, 6.45) is 1.95. The number of fused-ring (bicyclic) bond motifs is 1. The normalized spacial score (nSPS) is 12.8. The zero-order valence-electron chi connectivity index (χ0n) is 13.6. The van der Waals surface area contributed by atoms with Crippen LogP contribution in [0.1, 0.15) is 12.8 Å². The molecule has 1 aliphatic rings.